The smallest absolute Gasteiger partial charge is 0.103 e. The molecule has 0 spiro atoms. The van der Waals surface area contributed by atoms with Crippen LogP contribution in [-0.2, 0) is 0 Å². The van der Waals surface area contributed by atoms with Gasteiger partial charge in [-0.3, -0.25) is 0 Å². The third-order valence-electron chi connectivity index (χ3n) is 3.64. The predicted octanol–water partition coefficient (Wildman–Crippen LogP) is 6.06. The van der Waals surface area contributed by atoms with Gasteiger partial charge in [0.05, 0.1) is 31.9 Å². The first kappa shape index (κ1) is 17.4. The van der Waals surface area contributed by atoms with E-state index in [0.29, 0.717) is 5.69 Å². The Bertz CT molecular complexity index is 890. The largest absolute Gasteiger partial charge is 0.353 e. The summed E-state index contributed by atoms with van der Waals surface area (Å²) in [6.07, 6.45) is 0. The number of anilines is 2. The van der Waals surface area contributed by atoms with Crippen molar-refractivity contribution < 1.29 is 0 Å². The van der Waals surface area contributed by atoms with E-state index in [1.165, 1.54) is 0 Å². The van der Waals surface area contributed by atoms with E-state index in [2.05, 4.69) is 5.32 Å². The minimum Gasteiger partial charge on any atom is -0.353 e. The lowest BCUT2D eigenvalue weighted by atomic mass is 10.0. The molecule has 0 amide bonds. The zero-order chi connectivity index (χ0) is 17.3. The molecule has 2 aromatic rings. The van der Waals surface area contributed by atoms with Gasteiger partial charge in [0.15, 0.2) is 0 Å². The Labute approximate surface area is 150 Å². The van der Waals surface area contributed by atoms with Crippen molar-refractivity contribution in [3.63, 3.8) is 0 Å². The summed E-state index contributed by atoms with van der Waals surface area (Å²) in [7, 11) is 0. The van der Waals surface area contributed by atoms with Crippen molar-refractivity contribution >= 4 is 46.2 Å². The van der Waals surface area contributed by atoms with Crippen molar-refractivity contribution in [3.8, 4) is 12.1 Å². The standard InChI is InChI=1S/C17H12Cl3N3/c1-8-4-10(3)13(5-9(8)2)23-17-12(7-22)14(18)11(6-21)15(19)16(17)20/h4-5,23H,1-3H3. The van der Waals surface area contributed by atoms with E-state index in [-0.39, 0.29) is 26.2 Å². The fourth-order valence-corrected chi connectivity index (χ4v) is 3.00. The Morgan fingerprint density at radius 1 is 0.783 bits per heavy atom. The van der Waals surface area contributed by atoms with Gasteiger partial charge in [0.25, 0.3) is 0 Å². The number of nitriles is 2. The van der Waals surface area contributed by atoms with Crippen LogP contribution in [-0.4, -0.2) is 0 Å². The molecule has 116 valence electrons. The van der Waals surface area contributed by atoms with Crippen molar-refractivity contribution in [1.82, 2.24) is 0 Å². The van der Waals surface area contributed by atoms with Crippen molar-refractivity contribution in [3.05, 3.63) is 55.0 Å². The van der Waals surface area contributed by atoms with Crippen LogP contribution in [0.2, 0.25) is 15.1 Å². The van der Waals surface area contributed by atoms with Crippen LogP contribution in [0.4, 0.5) is 11.4 Å². The van der Waals surface area contributed by atoms with Crippen LogP contribution in [0.25, 0.3) is 0 Å². The minimum atomic E-state index is -0.00612. The van der Waals surface area contributed by atoms with Gasteiger partial charge in [0, 0.05) is 5.69 Å². The van der Waals surface area contributed by atoms with Gasteiger partial charge in [0.2, 0.25) is 0 Å². The number of nitrogens with zero attached hydrogens (tertiary/aromatic N) is 2. The van der Waals surface area contributed by atoms with E-state index in [1.54, 1.807) is 0 Å². The summed E-state index contributed by atoms with van der Waals surface area (Å²) < 4.78 is 0. The molecule has 0 bridgehead atoms. The van der Waals surface area contributed by atoms with Crippen molar-refractivity contribution in [1.29, 1.82) is 10.5 Å². The molecule has 0 atom stereocenters. The molecule has 0 aromatic heterocycles. The number of rotatable bonds is 2. The molecule has 0 aliphatic heterocycles. The zero-order valence-corrected chi connectivity index (χ0v) is 15.0. The molecular weight excluding hydrogens is 353 g/mol. The normalized spacial score (nSPS) is 10.1. The third kappa shape index (κ3) is 3.09. The minimum absolute atomic E-state index is 0.00255. The summed E-state index contributed by atoms with van der Waals surface area (Å²) in [5.74, 6) is 0. The van der Waals surface area contributed by atoms with Gasteiger partial charge in [-0.15, -0.1) is 0 Å². The second-order valence-electron chi connectivity index (χ2n) is 5.17. The molecule has 6 heteroatoms. The maximum atomic E-state index is 9.40. The van der Waals surface area contributed by atoms with E-state index in [0.717, 1.165) is 22.4 Å². The SMILES string of the molecule is Cc1cc(C)c(Nc2c(Cl)c(Cl)c(C#N)c(Cl)c2C#N)cc1C. The van der Waals surface area contributed by atoms with E-state index in [9.17, 15) is 5.26 Å². The molecule has 0 fully saturated rings. The summed E-state index contributed by atoms with van der Waals surface area (Å²) in [5, 5.41) is 21.8. The summed E-state index contributed by atoms with van der Waals surface area (Å²) in [5.41, 5.74) is 4.43. The lowest BCUT2D eigenvalue weighted by molar-refractivity contribution is 1.29. The molecule has 0 radical (unpaired) electrons. The Balaban J connectivity index is 2.69. The molecule has 0 saturated carbocycles. The average Bonchev–Trinajstić information content (AvgIpc) is 2.50. The van der Waals surface area contributed by atoms with Crippen molar-refractivity contribution in [2.75, 3.05) is 5.32 Å². The van der Waals surface area contributed by atoms with E-state index in [1.807, 2.05) is 45.0 Å². The molecule has 2 rings (SSSR count). The molecule has 23 heavy (non-hydrogen) atoms. The van der Waals surface area contributed by atoms with Gasteiger partial charge in [-0.2, -0.15) is 10.5 Å². The lowest BCUT2D eigenvalue weighted by Gasteiger charge is -2.17. The summed E-state index contributed by atoms with van der Waals surface area (Å²) in [4.78, 5) is 0. The highest BCUT2D eigenvalue weighted by Crippen LogP contribution is 2.42. The molecule has 0 aliphatic carbocycles. The topological polar surface area (TPSA) is 59.6 Å². The van der Waals surface area contributed by atoms with Gasteiger partial charge in [-0.1, -0.05) is 40.9 Å². The first-order valence-electron chi connectivity index (χ1n) is 6.67. The molecule has 3 nitrogen and oxygen atoms in total. The van der Waals surface area contributed by atoms with Crippen LogP contribution in [0.3, 0.4) is 0 Å². The fraction of sp³-hybridized carbons (Fsp3) is 0.176. The molecule has 0 unspecified atom stereocenters. The highest BCUT2D eigenvalue weighted by molar-refractivity contribution is 6.46. The van der Waals surface area contributed by atoms with E-state index >= 15 is 0 Å². The Morgan fingerprint density at radius 2 is 1.35 bits per heavy atom. The molecule has 0 heterocycles. The molecule has 0 saturated heterocycles. The Hall–Kier alpha value is -1.91. The van der Waals surface area contributed by atoms with Gasteiger partial charge >= 0.3 is 0 Å². The first-order valence-corrected chi connectivity index (χ1v) is 7.80. The van der Waals surface area contributed by atoms with Gasteiger partial charge in [0.1, 0.15) is 12.1 Å². The number of aryl methyl sites for hydroxylation is 3. The van der Waals surface area contributed by atoms with Crippen LogP contribution >= 0.6 is 34.8 Å². The molecule has 1 N–H and O–H groups in total. The average molecular weight is 365 g/mol. The summed E-state index contributed by atoms with van der Waals surface area (Å²) in [6.45, 7) is 5.96. The van der Waals surface area contributed by atoms with Crippen LogP contribution in [0, 0.1) is 43.4 Å². The summed E-state index contributed by atoms with van der Waals surface area (Å²) in [6, 6.07) is 7.85. The lowest BCUT2D eigenvalue weighted by Crippen LogP contribution is -2.01. The van der Waals surface area contributed by atoms with Crippen LogP contribution in [0.5, 0.6) is 0 Å². The van der Waals surface area contributed by atoms with Gasteiger partial charge in [-0.25, -0.2) is 0 Å². The number of benzene rings is 2. The second kappa shape index (κ2) is 6.69. The number of hydrogen-bond acceptors (Lipinski definition) is 3. The maximum absolute atomic E-state index is 9.40. The molecule has 2 aromatic carbocycles. The van der Waals surface area contributed by atoms with Gasteiger partial charge < -0.3 is 5.32 Å². The number of halogens is 3. The Kier molecular flexibility index (Phi) is 5.07. The van der Waals surface area contributed by atoms with E-state index in [4.69, 9.17) is 40.1 Å². The van der Waals surface area contributed by atoms with Crippen LogP contribution in [0.15, 0.2) is 12.1 Å². The predicted molar refractivity (Wildman–Crippen MR) is 94.8 cm³/mol. The highest BCUT2D eigenvalue weighted by Gasteiger charge is 2.22. The first-order chi connectivity index (χ1) is 10.8. The van der Waals surface area contributed by atoms with Crippen molar-refractivity contribution in [2.45, 2.75) is 20.8 Å². The van der Waals surface area contributed by atoms with Crippen LogP contribution < -0.4 is 5.32 Å². The van der Waals surface area contributed by atoms with Crippen LogP contribution in [0.1, 0.15) is 27.8 Å². The molecular formula is C17H12Cl3N3. The Morgan fingerprint density at radius 3 is 1.91 bits per heavy atom. The van der Waals surface area contributed by atoms with Gasteiger partial charge in [-0.05, 0) is 43.5 Å². The summed E-state index contributed by atoms with van der Waals surface area (Å²) >= 11 is 18.5. The zero-order valence-electron chi connectivity index (χ0n) is 12.7. The third-order valence-corrected chi connectivity index (χ3v) is 4.88. The maximum Gasteiger partial charge on any atom is 0.103 e. The number of hydrogen-bond donors (Lipinski definition) is 1. The quantitative estimate of drug-likeness (QED) is 0.659. The fourth-order valence-electron chi connectivity index (χ4n) is 2.21. The monoisotopic (exact) mass is 363 g/mol. The molecule has 0 aliphatic rings. The second-order valence-corrected chi connectivity index (χ2v) is 6.30. The van der Waals surface area contributed by atoms with E-state index < -0.39 is 0 Å². The number of nitrogens with one attached hydrogen (secondary N) is 1. The highest BCUT2D eigenvalue weighted by atomic mass is 35.5. The van der Waals surface area contributed by atoms with Crippen molar-refractivity contribution in [2.24, 2.45) is 0 Å².